The maximum Gasteiger partial charge on any atom is 0.258 e. The molecule has 0 radical (unpaired) electrons. The van der Waals surface area contributed by atoms with E-state index in [-0.39, 0.29) is 22.8 Å². The number of hydrogen-bond donors (Lipinski definition) is 1. The molecule has 37 heavy (non-hydrogen) atoms. The van der Waals surface area contributed by atoms with Gasteiger partial charge >= 0.3 is 0 Å². The number of para-hydroxylation sites is 1. The molecule has 2 saturated heterocycles. The molecule has 2 aliphatic heterocycles. The predicted octanol–water partition coefficient (Wildman–Crippen LogP) is 1.95. The fourth-order valence-electron chi connectivity index (χ4n) is 5.28. The van der Waals surface area contributed by atoms with Crippen LogP contribution in [0.3, 0.4) is 0 Å². The number of aromatic nitrogens is 3. The van der Waals surface area contributed by atoms with E-state index >= 15 is 0 Å². The maximum absolute atomic E-state index is 13.7. The Morgan fingerprint density at radius 3 is 2.57 bits per heavy atom. The molecule has 10 nitrogen and oxygen atoms in total. The summed E-state index contributed by atoms with van der Waals surface area (Å²) in [4.78, 5) is 54.8. The zero-order valence-electron chi connectivity index (χ0n) is 20.8. The van der Waals surface area contributed by atoms with Gasteiger partial charge in [0.05, 0.1) is 15.6 Å². The third-order valence-corrected chi connectivity index (χ3v) is 8.46. The minimum Gasteiger partial charge on any atom is -0.351 e. The van der Waals surface area contributed by atoms with Crippen LogP contribution in [-0.2, 0) is 4.79 Å². The van der Waals surface area contributed by atoms with E-state index in [1.807, 2.05) is 33.6 Å². The SMILES string of the molecule is CC(=O)N1CCN(c2ncc3c(=O)c(C(=O)NCCN4CCCC4)c4sc5ccccc5n4c3n2)CC1. The highest BCUT2D eigenvalue weighted by molar-refractivity contribution is 7.24. The first-order valence-electron chi connectivity index (χ1n) is 12.8. The molecule has 0 spiro atoms. The number of pyridine rings is 1. The molecule has 6 rings (SSSR count). The van der Waals surface area contributed by atoms with Crippen molar-refractivity contribution in [2.24, 2.45) is 0 Å². The molecule has 192 valence electrons. The van der Waals surface area contributed by atoms with E-state index in [0.29, 0.717) is 54.5 Å². The predicted molar refractivity (Wildman–Crippen MR) is 145 cm³/mol. The summed E-state index contributed by atoms with van der Waals surface area (Å²) < 4.78 is 2.89. The molecule has 0 unspecified atom stereocenters. The van der Waals surface area contributed by atoms with E-state index in [1.165, 1.54) is 30.4 Å². The van der Waals surface area contributed by atoms with Crippen LogP contribution in [0.2, 0.25) is 0 Å². The third kappa shape index (κ3) is 4.31. The second kappa shape index (κ2) is 9.71. The Morgan fingerprint density at radius 2 is 1.81 bits per heavy atom. The zero-order valence-corrected chi connectivity index (χ0v) is 21.6. The van der Waals surface area contributed by atoms with E-state index in [4.69, 9.17) is 4.98 Å². The summed E-state index contributed by atoms with van der Waals surface area (Å²) in [5, 5.41) is 3.29. The lowest BCUT2D eigenvalue weighted by molar-refractivity contribution is -0.129. The van der Waals surface area contributed by atoms with Gasteiger partial charge in [-0.05, 0) is 38.1 Å². The number of hydrogen-bond acceptors (Lipinski definition) is 8. The first kappa shape index (κ1) is 23.8. The van der Waals surface area contributed by atoms with Gasteiger partial charge in [-0.3, -0.25) is 18.8 Å². The molecule has 2 aliphatic rings. The average molecular weight is 520 g/mol. The van der Waals surface area contributed by atoms with Crippen molar-refractivity contribution in [2.45, 2.75) is 19.8 Å². The quantitative estimate of drug-likeness (QED) is 0.430. The van der Waals surface area contributed by atoms with Gasteiger partial charge in [0, 0.05) is 52.4 Å². The van der Waals surface area contributed by atoms with Crippen molar-refractivity contribution in [3.05, 3.63) is 46.2 Å². The topological polar surface area (TPSA) is 103 Å². The number of nitrogens with zero attached hydrogens (tertiary/aromatic N) is 6. The van der Waals surface area contributed by atoms with E-state index < -0.39 is 0 Å². The Kier molecular flexibility index (Phi) is 6.25. The average Bonchev–Trinajstić information content (AvgIpc) is 3.56. The van der Waals surface area contributed by atoms with Gasteiger partial charge < -0.3 is 20.0 Å². The van der Waals surface area contributed by atoms with Crippen LogP contribution in [0, 0.1) is 0 Å². The molecule has 0 saturated carbocycles. The number of fused-ring (bicyclic) bond motifs is 5. The van der Waals surface area contributed by atoms with E-state index in [1.54, 1.807) is 11.8 Å². The van der Waals surface area contributed by atoms with Gasteiger partial charge in [-0.15, -0.1) is 11.3 Å². The maximum atomic E-state index is 13.7. The normalized spacial score (nSPS) is 16.8. The van der Waals surface area contributed by atoms with Crippen molar-refractivity contribution in [3.8, 4) is 0 Å². The van der Waals surface area contributed by atoms with Crippen LogP contribution < -0.4 is 15.6 Å². The van der Waals surface area contributed by atoms with Gasteiger partial charge in [0.2, 0.25) is 17.3 Å². The highest BCUT2D eigenvalue weighted by atomic mass is 32.1. The summed E-state index contributed by atoms with van der Waals surface area (Å²) in [5.41, 5.74) is 1.17. The molecular weight excluding hydrogens is 490 g/mol. The fraction of sp³-hybridized carbons (Fsp3) is 0.423. The lowest BCUT2D eigenvalue weighted by Crippen LogP contribution is -2.48. The monoisotopic (exact) mass is 519 g/mol. The van der Waals surface area contributed by atoms with Crippen LogP contribution in [0.5, 0.6) is 0 Å². The van der Waals surface area contributed by atoms with E-state index in [9.17, 15) is 14.4 Å². The fourth-order valence-corrected chi connectivity index (χ4v) is 6.47. The second-order valence-electron chi connectivity index (χ2n) is 9.62. The van der Waals surface area contributed by atoms with Crippen molar-refractivity contribution in [1.29, 1.82) is 0 Å². The zero-order chi connectivity index (χ0) is 25.5. The van der Waals surface area contributed by atoms with Crippen LogP contribution >= 0.6 is 11.3 Å². The van der Waals surface area contributed by atoms with Crippen LogP contribution in [-0.4, -0.2) is 88.3 Å². The van der Waals surface area contributed by atoms with Crippen LogP contribution in [0.1, 0.15) is 30.1 Å². The third-order valence-electron chi connectivity index (χ3n) is 7.32. The number of anilines is 1. The summed E-state index contributed by atoms with van der Waals surface area (Å²) in [7, 11) is 0. The summed E-state index contributed by atoms with van der Waals surface area (Å²) in [6.45, 7) is 7.39. The highest BCUT2D eigenvalue weighted by Gasteiger charge is 2.25. The Hall–Kier alpha value is -3.57. The van der Waals surface area contributed by atoms with Crippen LogP contribution in [0.4, 0.5) is 5.95 Å². The number of carbonyl (C=O) groups is 2. The summed E-state index contributed by atoms with van der Waals surface area (Å²) in [5.74, 6) is 0.213. The Morgan fingerprint density at radius 1 is 1.05 bits per heavy atom. The van der Waals surface area contributed by atoms with Crippen molar-refractivity contribution in [2.75, 3.05) is 57.3 Å². The summed E-state index contributed by atoms with van der Waals surface area (Å²) >= 11 is 1.42. The molecule has 4 aromatic rings. The molecule has 11 heteroatoms. The van der Waals surface area contributed by atoms with Gasteiger partial charge in [-0.2, -0.15) is 4.98 Å². The van der Waals surface area contributed by atoms with Crippen molar-refractivity contribution in [3.63, 3.8) is 0 Å². The molecule has 0 aliphatic carbocycles. The minimum absolute atomic E-state index is 0.0586. The smallest absolute Gasteiger partial charge is 0.258 e. The van der Waals surface area contributed by atoms with Crippen LogP contribution in [0.15, 0.2) is 35.3 Å². The molecule has 2 fully saturated rings. The van der Waals surface area contributed by atoms with Gasteiger partial charge in [-0.25, -0.2) is 4.98 Å². The number of nitrogens with one attached hydrogen (secondary N) is 1. The van der Waals surface area contributed by atoms with Crippen LogP contribution in [0.25, 0.3) is 26.1 Å². The lowest BCUT2D eigenvalue weighted by atomic mass is 10.2. The number of likely N-dealkylation sites (tertiary alicyclic amines) is 1. The van der Waals surface area contributed by atoms with E-state index in [2.05, 4.69) is 15.2 Å². The summed E-state index contributed by atoms with van der Waals surface area (Å²) in [6.07, 6.45) is 3.92. The largest absolute Gasteiger partial charge is 0.351 e. The number of piperazine rings is 1. The first-order valence-corrected chi connectivity index (χ1v) is 13.6. The lowest BCUT2D eigenvalue weighted by Gasteiger charge is -2.34. The summed E-state index contributed by atoms with van der Waals surface area (Å²) in [6, 6.07) is 7.85. The number of amides is 2. The molecule has 1 N–H and O–H groups in total. The Balaban J connectivity index is 1.42. The van der Waals surface area contributed by atoms with Gasteiger partial charge in [0.25, 0.3) is 5.91 Å². The number of benzene rings is 1. The molecule has 3 aromatic heterocycles. The molecular formula is C26H29N7O3S. The van der Waals surface area contributed by atoms with Gasteiger partial charge in [0.1, 0.15) is 10.4 Å². The standard InChI is InChI=1S/C26H29N7O3S/c1-17(34)31-12-14-32(15-13-31)26-28-16-18-22(35)21(24(36)27-8-11-30-9-4-5-10-30)25-33(23(18)29-26)19-6-2-3-7-20(19)37-25/h2-3,6-7,16H,4-5,8-15H2,1H3,(H,27,36). The second-order valence-corrected chi connectivity index (χ2v) is 10.7. The minimum atomic E-state index is -0.361. The molecule has 5 heterocycles. The molecule has 0 atom stereocenters. The van der Waals surface area contributed by atoms with Gasteiger partial charge in [-0.1, -0.05) is 12.1 Å². The number of carbonyl (C=O) groups excluding carboxylic acids is 2. The molecule has 0 bridgehead atoms. The highest BCUT2D eigenvalue weighted by Crippen LogP contribution is 2.31. The van der Waals surface area contributed by atoms with Gasteiger partial charge in [0.15, 0.2) is 5.65 Å². The van der Waals surface area contributed by atoms with Crippen molar-refractivity contribution >= 4 is 55.2 Å². The van der Waals surface area contributed by atoms with Crippen molar-refractivity contribution in [1.82, 2.24) is 29.5 Å². The Bertz CT molecular complexity index is 1570. The van der Waals surface area contributed by atoms with Crippen molar-refractivity contribution < 1.29 is 9.59 Å². The van der Waals surface area contributed by atoms with E-state index in [0.717, 1.165) is 29.9 Å². The molecule has 2 amide bonds. The number of rotatable bonds is 5. The Labute approximate surface area is 217 Å². The number of thiazole rings is 1. The molecule has 1 aromatic carbocycles. The first-order chi connectivity index (χ1) is 18.0.